The van der Waals surface area contributed by atoms with Crippen LogP contribution in [0.5, 0.6) is 5.75 Å². The number of aryl methyl sites for hydroxylation is 1. The quantitative estimate of drug-likeness (QED) is 0.517. The maximum absolute atomic E-state index is 13.7. The molecule has 8 heteroatoms. The predicted octanol–water partition coefficient (Wildman–Crippen LogP) is 5.42. The van der Waals surface area contributed by atoms with Gasteiger partial charge in [-0.2, -0.15) is 0 Å². The van der Waals surface area contributed by atoms with Crippen LogP contribution in [0.3, 0.4) is 0 Å². The molecular formula is C26H26F2N4O2. The summed E-state index contributed by atoms with van der Waals surface area (Å²) in [5.41, 5.74) is 4.36. The fourth-order valence-electron chi connectivity index (χ4n) is 4.53. The number of nitrogens with zero attached hydrogens (tertiary/aromatic N) is 4. The van der Waals surface area contributed by atoms with Gasteiger partial charge in [-0.05, 0) is 61.2 Å². The molecule has 34 heavy (non-hydrogen) atoms. The number of fused-ring (bicyclic) bond motifs is 1. The monoisotopic (exact) mass is 464 g/mol. The number of piperidine rings is 1. The molecule has 2 aliphatic rings. The van der Waals surface area contributed by atoms with Crippen LogP contribution in [0.1, 0.15) is 42.2 Å². The lowest BCUT2D eigenvalue weighted by atomic mass is 9.99. The lowest BCUT2D eigenvalue weighted by Crippen LogP contribution is -2.37. The van der Waals surface area contributed by atoms with Crippen molar-refractivity contribution in [2.45, 2.75) is 32.3 Å². The fraction of sp³-hybridized carbons (Fsp3) is 0.308. The van der Waals surface area contributed by atoms with Crippen molar-refractivity contribution in [1.82, 2.24) is 14.5 Å². The zero-order valence-electron chi connectivity index (χ0n) is 19.2. The molecule has 5 rings (SSSR count). The van der Waals surface area contributed by atoms with Crippen molar-refractivity contribution in [1.29, 1.82) is 0 Å². The largest absolute Gasteiger partial charge is 0.495 e. The van der Waals surface area contributed by atoms with E-state index in [9.17, 15) is 8.78 Å². The predicted molar refractivity (Wildman–Crippen MR) is 126 cm³/mol. The topological polar surface area (TPSA) is 51.9 Å². The summed E-state index contributed by atoms with van der Waals surface area (Å²) < 4.78 is 35.0. The second-order valence-corrected chi connectivity index (χ2v) is 8.61. The number of imidazole rings is 1. The maximum Gasteiger partial charge on any atom is 0.171 e. The van der Waals surface area contributed by atoms with E-state index in [4.69, 9.17) is 9.57 Å². The summed E-state index contributed by atoms with van der Waals surface area (Å²) in [6, 6.07) is 9.52. The van der Waals surface area contributed by atoms with Gasteiger partial charge in [0.05, 0.1) is 24.8 Å². The number of halogens is 2. The van der Waals surface area contributed by atoms with E-state index in [1.807, 2.05) is 35.9 Å². The Morgan fingerprint density at radius 1 is 1.12 bits per heavy atom. The fourth-order valence-corrected chi connectivity index (χ4v) is 4.53. The van der Waals surface area contributed by atoms with Crippen molar-refractivity contribution >= 4 is 11.9 Å². The number of rotatable bonds is 4. The Morgan fingerprint density at radius 3 is 2.68 bits per heavy atom. The molecule has 3 aromatic rings. The van der Waals surface area contributed by atoms with E-state index in [1.54, 1.807) is 13.4 Å². The van der Waals surface area contributed by atoms with E-state index in [2.05, 4.69) is 21.1 Å². The molecule has 0 radical (unpaired) electrons. The molecule has 176 valence electrons. The van der Waals surface area contributed by atoms with Gasteiger partial charge >= 0.3 is 0 Å². The van der Waals surface area contributed by atoms with E-state index in [-0.39, 0.29) is 0 Å². The third-order valence-corrected chi connectivity index (χ3v) is 6.18. The number of amidine groups is 1. The molecule has 0 spiro atoms. The second-order valence-electron chi connectivity index (χ2n) is 8.61. The number of hydrogen-bond donors (Lipinski definition) is 0. The van der Waals surface area contributed by atoms with Gasteiger partial charge in [-0.15, -0.1) is 0 Å². The summed E-state index contributed by atoms with van der Waals surface area (Å²) in [5.74, 6) is 0.291. The first-order valence-corrected chi connectivity index (χ1v) is 11.3. The Hall–Kier alpha value is -3.68. The van der Waals surface area contributed by atoms with Crippen molar-refractivity contribution < 1.29 is 18.4 Å². The molecule has 3 heterocycles. The smallest absolute Gasteiger partial charge is 0.171 e. The van der Waals surface area contributed by atoms with Crippen LogP contribution in [-0.4, -0.2) is 40.5 Å². The minimum absolute atomic E-state index is 0.460. The summed E-state index contributed by atoms with van der Waals surface area (Å²) >= 11 is 0. The SMILES string of the molecule is COc1cc(/C=C2\CCCN3CCC(c4cc(F)cc(F)c4)ON=C23)ccc1-n1cnc(C)c1. The number of ether oxygens (including phenoxy) is 1. The van der Waals surface area contributed by atoms with Crippen LogP contribution in [0.15, 0.2) is 59.7 Å². The molecule has 1 saturated heterocycles. The average molecular weight is 465 g/mol. The van der Waals surface area contributed by atoms with Crippen LogP contribution in [0.25, 0.3) is 11.8 Å². The lowest BCUT2D eigenvalue weighted by molar-refractivity contribution is 0.0572. The van der Waals surface area contributed by atoms with Crippen LogP contribution in [-0.2, 0) is 4.84 Å². The first-order chi connectivity index (χ1) is 16.5. The standard InChI is InChI=1S/C26H26F2N4O2/c1-17-15-32(16-29-17)23-6-5-18(11-25(23)33-2)10-19-4-3-8-31-9-7-24(34-30-26(19)31)20-12-21(27)14-22(28)13-20/h5-6,10-16,24H,3-4,7-9H2,1-2H3/b19-10+. The molecule has 1 atom stereocenters. The lowest BCUT2D eigenvalue weighted by Gasteiger charge is -2.29. The molecule has 1 aromatic heterocycles. The second kappa shape index (κ2) is 9.29. The molecule has 2 aliphatic heterocycles. The molecule has 6 nitrogen and oxygen atoms in total. The highest BCUT2D eigenvalue weighted by atomic mass is 19.1. The van der Waals surface area contributed by atoms with Gasteiger partial charge in [0, 0.05) is 37.3 Å². The first kappa shape index (κ1) is 22.1. The highest BCUT2D eigenvalue weighted by Gasteiger charge is 2.28. The Balaban J connectivity index is 1.43. The molecule has 0 saturated carbocycles. The van der Waals surface area contributed by atoms with E-state index in [0.29, 0.717) is 18.5 Å². The molecule has 0 aliphatic carbocycles. The third kappa shape index (κ3) is 4.53. The first-order valence-electron chi connectivity index (χ1n) is 11.3. The molecule has 1 fully saturated rings. The zero-order chi connectivity index (χ0) is 23.7. The Kier molecular flexibility index (Phi) is 6.04. The van der Waals surface area contributed by atoms with Crippen LogP contribution in [0.4, 0.5) is 8.78 Å². The van der Waals surface area contributed by atoms with Crippen LogP contribution in [0.2, 0.25) is 0 Å². The molecule has 0 bridgehead atoms. The number of hydrogen-bond acceptors (Lipinski definition) is 5. The highest BCUT2D eigenvalue weighted by Crippen LogP contribution is 2.31. The maximum atomic E-state index is 13.7. The van der Waals surface area contributed by atoms with E-state index < -0.39 is 17.7 Å². The summed E-state index contributed by atoms with van der Waals surface area (Å²) in [7, 11) is 1.65. The number of oxime groups is 1. The van der Waals surface area contributed by atoms with Crippen LogP contribution in [0, 0.1) is 18.6 Å². The van der Waals surface area contributed by atoms with Gasteiger partial charge in [-0.3, -0.25) is 0 Å². The molecule has 0 amide bonds. The van der Waals surface area contributed by atoms with Crippen LogP contribution < -0.4 is 4.74 Å². The highest BCUT2D eigenvalue weighted by molar-refractivity contribution is 6.02. The molecular weight excluding hydrogens is 438 g/mol. The third-order valence-electron chi connectivity index (χ3n) is 6.18. The summed E-state index contributed by atoms with van der Waals surface area (Å²) in [6.07, 6.45) is 7.77. The van der Waals surface area contributed by atoms with Gasteiger partial charge in [-0.25, -0.2) is 13.8 Å². The zero-order valence-corrected chi connectivity index (χ0v) is 19.2. The number of benzene rings is 2. The van der Waals surface area contributed by atoms with Crippen molar-refractivity contribution in [2.24, 2.45) is 5.16 Å². The van der Waals surface area contributed by atoms with Gasteiger partial charge < -0.3 is 19.0 Å². The van der Waals surface area contributed by atoms with Gasteiger partial charge in [0.15, 0.2) is 11.9 Å². The van der Waals surface area contributed by atoms with E-state index >= 15 is 0 Å². The van der Waals surface area contributed by atoms with E-state index in [1.165, 1.54) is 12.1 Å². The van der Waals surface area contributed by atoms with Gasteiger partial charge in [0.2, 0.25) is 0 Å². The van der Waals surface area contributed by atoms with E-state index in [0.717, 1.165) is 59.6 Å². The van der Waals surface area contributed by atoms with Crippen molar-refractivity contribution in [2.75, 3.05) is 20.2 Å². The molecule has 0 N–H and O–H groups in total. The van der Waals surface area contributed by atoms with Crippen molar-refractivity contribution in [3.05, 3.63) is 83.0 Å². The minimum Gasteiger partial charge on any atom is -0.495 e. The van der Waals surface area contributed by atoms with Crippen molar-refractivity contribution in [3.63, 3.8) is 0 Å². The molecule has 2 aromatic carbocycles. The van der Waals surface area contributed by atoms with Gasteiger partial charge in [0.1, 0.15) is 17.4 Å². The normalized spacial score (nSPS) is 19.3. The van der Waals surface area contributed by atoms with Gasteiger partial charge in [-0.1, -0.05) is 11.2 Å². The minimum atomic E-state index is -0.614. The number of aromatic nitrogens is 2. The van der Waals surface area contributed by atoms with Crippen molar-refractivity contribution in [3.8, 4) is 11.4 Å². The summed E-state index contributed by atoms with van der Waals surface area (Å²) in [5, 5.41) is 4.44. The molecule has 1 unspecified atom stereocenters. The Morgan fingerprint density at radius 2 is 1.94 bits per heavy atom. The van der Waals surface area contributed by atoms with Gasteiger partial charge in [0.25, 0.3) is 0 Å². The average Bonchev–Trinajstić information content (AvgIpc) is 3.12. The summed E-state index contributed by atoms with van der Waals surface area (Å²) in [4.78, 5) is 12.3. The number of methoxy groups -OCH3 is 1. The Labute approximate surface area is 197 Å². The van der Waals surface area contributed by atoms with Crippen LogP contribution >= 0.6 is 0 Å². The Bertz CT molecular complexity index is 1250. The summed E-state index contributed by atoms with van der Waals surface area (Å²) in [6.45, 7) is 3.51.